The van der Waals surface area contributed by atoms with Crippen LogP contribution in [0.4, 0.5) is 0 Å². The highest BCUT2D eigenvalue weighted by Crippen LogP contribution is 2.44. The van der Waals surface area contributed by atoms with Gasteiger partial charge in [-0.1, -0.05) is 26.2 Å². The van der Waals surface area contributed by atoms with Gasteiger partial charge in [-0.2, -0.15) is 0 Å². The Balaban J connectivity index is 1.83. The van der Waals surface area contributed by atoms with Crippen molar-refractivity contribution in [1.82, 2.24) is 5.32 Å². The molecule has 4 unspecified atom stereocenters. The molecule has 2 N–H and O–H groups in total. The highest BCUT2D eigenvalue weighted by Gasteiger charge is 2.40. The summed E-state index contributed by atoms with van der Waals surface area (Å²) in [5.74, 6) is 0.966. The van der Waals surface area contributed by atoms with Gasteiger partial charge in [0.2, 0.25) is 0 Å². The van der Waals surface area contributed by atoms with E-state index in [1.165, 1.54) is 25.7 Å². The monoisotopic (exact) mass is 225 g/mol. The molecular formula is C13H23NO2. The van der Waals surface area contributed by atoms with E-state index >= 15 is 0 Å². The van der Waals surface area contributed by atoms with Crippen molar-refractivity contribution >= 4 is 5.97 Å². The van der Waals surface area contributed by atoms with E-state index in [-0.39, 0.29) is 6.04 Å². The lowest BCUT2D eigenvalue weighted by molar-refractivity contribution is -0.140. The summed E-state index contributed by atoms with van der Waals surface area (Å²) in [6.45, 7) is 2.11. The maximum absolute atomic E-state index is 11.1. The number of carbonyl (C=O) groups is 1. The van der Waals surface area contributed by atoms with Crippen LogP contribution >= 0.6 is 0 Å². The van der Waals surface area contributed by atoms with Gasteiger partial charge in [0.15, 0.2) is 0 Å². The fraction of sp³-hybridized carbons (Fsp3) is 0.923. The Kier molecular flexibility index (Phi) is 3.85. The number of fused-ring (bicyclic) bond motifs is 2. The zero-order chi connectivity index (χ0) is 11.5. The topological polar surface area (TPSA) is 49.3 Å². The molecule has 3 heteroatoms. The molecule has 0 radical (unpaired) electrons. The van der Waals surface area contributed by atoms with E-state index in [0.717, 1.165) is 31.1 Å². The number of hydrogen-bond acceptors (Lipinski definition) is 2. The predicted octanol–water partition coefficient (Wildman–Crippen LogP) is 2.41. The van der Waals surface area contributed by atoms with Gasteiger partial charge in [0.1, 0.15) is 6.04 Å². The minimum Gasteiger partial charge on any atom is -0.480 e. The largest absolute Gasteiger partial charge is 0.480 e. The molecule has 0 aromatic carbocycles. The first kappa shape index (κ1) is 11.9. The Hall–Kier alpha value is -0.570. The Morgan fingerprint density at radius 2 is 2.25 bits per heavy atom. The molecule has 0 aromatic heterocycles. The molecule has 92 valence electrons. The third-order valence-corrected chi connectivity index (χ3v) is 4.30. The molecule has 0 spiro atoms. The number of carboxylic acids is 1. The van der Waals surface area contributed by atoms with E-state index in [9.17, 15) is 4.79 Å². The van der Waals surface area contributed by atoms with Gasteiger partial charge in [-0.25, -0.2) is 0 Å². The Labute approximate surface area is 97.6 Å². The molecule has 0 aromatic rings. The van der Waals surface area contributed by atoms with Crippen molar-refractivity contribution < 1.29 is 9.90 Å². The first-order chi connectivity index (χ1) is 7.70. The van der Waals surface area contributed by atoms with Gasteiger partial charge in [-0.05, 0) is 37.5 Å². The van der Waals surface area contributed by atoms with E-state index in [1.54, 1.807) is 0 Å². The molecular weight excluding hydrogens is 202 g/mol. The lowest BCUT2D eigenvalue weighted by atomic mass is 9.94. The molecule has 2 bridgehead atoms. The van der Waals surface area contributed by atoms with Crippen LogP contribution in [-0.4, -0.2) is 23.2 Å². The van der Waals surface area contributed by atoms with Gasteiger partial charge in [0.05, 0.1) is 0 Å². The maximum atomic E-state index is 11.1. The third-order valence-electron chi connectivity index (χ3n) is 4.30. The molecule has 3 nitrogen and oxygen atoms in total. The summed E-state index contributed by atoms with van der Waals surface area (Å²) in [7, 11) is 0. The standard InChI is InChI=1S/C13H23NO2/c1-2-3-4-11(13(15)16)14-12-8-9-5-6-10(12)7-9/h9-12,14H,2-8H2,1H3,(H,15,16). The minimum atomic E-state index is -0.670. The van der Waals surface area contributed by atoms with E-state index < -0.39 is 5.97 Å². The number of aliphatic carboxylic acids is 1. The number of unbranched alkanes of at least 4 members (excludes halogenated alkanes) is 1. The molecule has 2 fully saturated rings. The number of rotatable bonds is 6. The average Bonchev–Trinajstić information content (AvgIpc) is 2.85. The maximum Gasteiger partial charge on any atom is 0.320 e. The van der Waals surface area contributed by atoms with Crippen LogP contribution in [0.1, 0.15) is 51.9 Å². The second-order valence-corrected chi connectivity index (χ2v) is 5.48. The van der Waals surface area contributed by atoms with Crippen molar-refractivity contribution in [2.75, 3.05) is 0 Å². The van der Waals surface area contributed by atoms with Gasteiger partial charge < -0.3 is 10.4 Å². The quantitative estimate of drug-likeness (QED) is 0.730. The second kappa shape index (κ2) is 5.17. The van der Waals surface area contributed by atoms with E-state index in [4.69, 9.17) is 5.11 Å². The van der Waals surface area contributed by atoms with Crippen LogP contribution in [0.5, 0.6) is 0 Å². The van der Waals surface area contributed by atoms with Crippen LogP contribution in [0.25, 0.3) is 0 Å². The molecule has 0 saturated heterocycles. The van der Waals surface area contributed by atoms with Crippen LogP contribution in [0.3, 0.4) is 0 Å². The van der Waals surface area contributed by atoms with Crippen molar-refractivity contribution in [3.63, 3.8) is 0 Å². The zero-order valence-electron chi connectivity index (χ0n) is 10.1. The van der Waals surface area contributed by atoms with E-state index in [1.807, 2.05) is 0 Å². The van der Waals surface area contributed by atoms with Crippen molar-refractivity contribution in [1.29, 1.82) is 0 Å². The summed E-state index contributed by atoms with van der Waals surface area (Å²) < 4.78 is 0. The van der Waals surface area contributed by atoms with E-state index in [2.05, 4.69) is 12.2 Å². The SMILES string of the molecule is CCCCC(NC1CC2CCC1C2)C(=O)O. The highest BCUT2D eigenvalue weighted by atomic mass is 16.4. The van der Waals surface area contributed by atoms with Gasteiger partial charge >= 0.3 is 5.97 Å². The fourth-order valence-electron chi connectivity index (χ4n) is 3.39. The summed E-state index contributed by atoms with van der Waals surface area (Å²) in [4.78, 5) is 11.1. The minimum absolute atomic E-state index is 0.315. The Morgan fingerprint density at radius 1 is 1.44 bits per heavy atom. The van der Waals surface area contributed by atoms with Gasteiger partial charge in [-0.15, -0.1) is 0 Å². The summed E-state index contributed by atoms with van der Waals surface area (Å²) in [6.07, 6.45) is 8.07. The molecule has 2 rings (SSSR count). The second-order valence-electron chi connectivity index (χ2n) is 5.48. The molecule has 2 aliphatic carbocycles. The molecule has 4 atom stereocenters. The Bertz CT molecular complexity index is 254. The molecule has 2 saturated carbocycles. The third kappa shape index (κ3) is 2.57. The van der Waals surface area contributed by atoms with Crippen molar-refractivity contribution in [3.8, 4) is 0 Å². The van der Waals surface area contributed by atoms with E-state index in [0.29, 0.717) is 6.04 Å². The van der Waals surface area contributed by atoms with Crippen LogP contribution in [0.2, 0.25) is 0 Å². The molecule has 0 amide bonds. The first-order valence-corrected chi connectivity index (χ1v) is 6.69. The average molecular weight is 225 g/mol. The lowest BCUT2D eigenvalue weighted by Crippen LogP contribution is -2.45. The summed E-state index contributed by atoms with van der Waals surface area (Å²) >= 11 is 0. The Morgan fingerprint density at radius 3 is 2.75 bits per heavy atom. The fourth-order valence-corrected chi connectivity index (χ4v) is 3.39. The molecule has 0 aliphatic heterocycles. The molecule has 2 aliphatic rings. The normalized spacial score (nSPS) is 34.2. The van der Waals surface area contributed by atoms with Gasteiger partial charge in [-0.3, -0.25) is 4.79 Å². The molecule has 16 heavy (non-hydrogen) atoms. The van der Waals surface area contributed by atoms with Gasteiger partial charge in [0.25, 0.3) is 0 Å². The van der Waals surface area contributed by atoms with Crippen LogP contribution in [0, 0.1) is 11.8 Å². The lowest BCUT2D eigenvalue weighted by Gasteiger charge is -2.26. The summed E-state index contributed by atoms with van der Waals surface area (Å²) in [6, 6.07) is 0.168. The highest BCUT2D eigenvalue weighted by molar-refractivity contribution is 5.73. The predicted molar refractivity (Wildman–Crippen MR) is 63.3 cm³/mol. The van der Waals surface area contributed by atoms with Crippen molar-refractivity contribution in [3.05, 3.63) is 0 Å². The van der Waals surface area contributed by atoms with Gasteiger partial charge in [0, 0.05) is 6.04 Å². The molecule has 0 heterocycles. The first-order valence-electron chi connectivity index (χ1n) is 6.69. The number of hydrogen-bond donors (Lipinski definition) is 2. The van der Waals surface area contributed by atoms with Crippen molar-refractivity contribution in [2.45, 2.75) is 64.0 Å². The number of carboxylic acid groups (broad SMARTS) is 1. The van der Waals surface area contributed by atoms with Crippen LogP contribution in [0.15, 0.2) is 0 Å². The van der Waals surface area contributed by atoms with Crippen LogP contribution < -0.4 is 5.32 Å². The number of nitrogens with one attached hydrogen (secondary N) is 1. The summed E-state index contributed by atoms with van der Waals surface area (Å²) in [5, 5.41) is 12.5. The smallest absolute Gasteiger partial charge is 0.320 e. The summed E-state index contributed by atoms with van der Waals surface area (Å²) in [5.41, 5.74) is 0. The van der Waals surface area contributed by atoms with Crippen molar-refractivity contribution in [2.24, 2.45) is 11.8 Å². The zero-order valence-corrected chi connectivity index (χ0v) is 10.1. The van der Waals surface area contributed by atoms with Crippen LogP contribution in [-0.2, 0) is 4.79 Å².